The molecule has 3 heterocycles. The van der Waals surface area contributed by atoms with Crippen molar-refractivity contribution in [1.29, 1.82) is 0 Å². The highest BCUT2D eigenvalue weighted by Crippen LogP contribution is 2.39. The first-order valence-corrected chi connectivity index (χ1v) is 10.3. The fourth-order valence-corrected chi connectivity index (χ4v) is 4.54. The molecule has 1 fully saturated rings. The minimum atomic E-state index is -0.637. The van der Waals surface area contributed by atoms with Crippen LogP contribution in [0, 0.1) is 5.82 Å². The van der Waals surface area contributed by atoms with E-state index in [0.29, 0.717) is 35.2 Å². The Labute approximate surface area is 174 Å². The molecule has 0 N–H and O–H groups in total. The molecule has 5 nitrogen and oxygen atoms in total. The summed E-state index contributed by atoms with van der Waals surface area (Å²) in [7, 11) is 0. The standard InChI is InChI=1S/C22H17BrFNO4/c23-13-5-8-17-16(10-13)20(26)18-19(12-3-6-14(24)7-4-12)25(22(27)21(18)29-17)11-15-2-1-9-28-15/h3-8,10,15,19H,1-2,9,11H2. The Kier molecular flexibility index (Phi) is 4.52. The molecule has 5 rings (SSSR count). The first-order chi connectivity index (χ1) is 14.0. The number of carbonyl (C=O) groups excluding carboxylic acids is 1. The summed E-state index contributed by atoms with van der Waals surface area (Å²) in [5.74, 6) is -0.665. The average Bonchev–Trinajstić information content (AvgIpc) is 3.32. The second kappa shape index (κ2) is 7.07. The van der Waals surface area contributed by atoms with E-state index >= 15 is 0 Å². The van der Waals surface area contributed by atoms with Crippen molar-refractivity contribution in [1.82, 2.24) is 4.90 Å². The molecule has 1 amide bonds. The van der Waals surface area contributed by atoms with Crippen molar-refractivity contribution in [2.75, 3.05) is 13.2 Å². The molecule has 0 radical (unpaired) electrons. The van der Waals surface area contributed by atoms with Crippen LogP contribution in [0.2, 0.25) is 0 Å². The van der Waals surface area contributed by atoms with Crippen molar-refractivity contribution in [2.24, 2.45) is 0 Å². The molecule has 7 heteroatoms. The van der Waals surface area contributed by atoms with Gasteiger partial charge in [0.25, 0.3) is 5.91 Å². The summed E-state index contributed by atoms with van der Waals surface area (Å²) in [5, 5.41) is 0.400. The number of amides is 1. The predicted octanol–water partition coefficient (Wildman–Crippen LogP) is 4.42. The summed E-state index contributed by atoms with van der Waals surface area (Å²) in [6, 6.07) is 10.4. The van der Waals surface area contributed by atoms with Gasteiger partial charge in [0.05, 0.1) is 23.1 Å². The quantitative estimate of drug-likeness (QED) is 0.583. The van der Waals surface area contributed by atoms with Crippen LogP contribution in [0.15, 0.2) is 56.1 Å². The lowest BCUT2D eigenvalue weighted by Gasteiger charge is -2.27. The molecule has 2 atom stereocenters. The lowest BCUT2D eigenvalue weighted by atomic mass is 9.98. The Hall–Kier alpha value is -2.51. The summed E-state index contributed by atoms with van der Waals surface area (Å²) in [6.07, 6.45) is 1.71. The van der Waals surface area contributed by atoms with E-state index in [2.05, 4.69) is 15.9 Å². The average molecular weight is 458 g/mol. The molecule has 2 unspecified atom stereocenters. The van der Waals surface area contributed by atoms with Crippen LogP contribution in [-0.2, 0) is 4.74 Å². The number of rotatable bonds is 3. The first-order valence-electron chi connectivity index (χ1n) is 9.47. The third-order valence-corrected chi connectivity index (χ3v) is 6.03. The van der Waals surface area contributed by atoms with E-state index in [-0.39, 0.29) is 29.0 Å². The Morgan fingerprint density at radius 2 is 1.93 bits per heavy atom. The Bertz CT molecular complexity index is 1170. The number of nitrogens with zero attached hydrogens (tertiary/aromatic N) is 1. The maximum Gasteiger partial charge on any atom is 0.291 e. The highest BCUT2D eigenvalue weighted by Gasteiger charge is 2.43. The van der Waals surface area contributed by atoms with Gasteiger partial charge in [0.15, 0.2) is 5.43 Å². The molecule has 148 valence electrons. The van der Waals surface area contributed by atoms with Crippen molar-refractivity contribution in [3.8, 4) is 0 Å². The fraction of sp³-hybridized carbons (Fsp3) is 0.273. The molecule has 0 spiro atoms. The van der Waals surface area contributed by atoms with E-state index < -0.39 is 6.04 Å². The summed E-state index contributed by atoms with van der Waals surface area (Å²) < 4.78 is 25.9. The Morgan fingerprint density at radius 3 is 2.66 bits per heavy atom. The van der Waals surface area contributed by atoms with Crippen molar-refractivity contribution in [2.45, 2.75) is 25.0 Å². The van der Waals surface area contributed by atoms with Crippen LogP contribution in [0.5, 0.6) is 0 Å². The minimum Gasteiger partial charge on any atom is -0.450 e. The van der Waals surface area contributed by atoms with Gasteiger partial charge < -0.3 is 14.1 Å². The minimum absolute atomic E-state index is 0.0529. The SMILES string of the molecule is O=C1c2oc3ccc(Br)cc3c(=O)c2C(c2ccc(F)cc2)N1CC1CCCO1. The van der Waals surface area contributed by atoms with Crippen LogP contribution in [0.1, 0.15) is 40.6 Å². The normalized spacial score (nSPS) is 21.2. The van der Waals surface area contributed by atoms with E-state index in [1.165, 1.54) is 12.1 Å². The highest BCUT2D eigenvalue weighted by molar-refractivity contribution is 9.10. The zero-order valence-corrected chi connectivity index (χ0v) is 16.9. The van der Waals surface area contributed by atoms with Gasteiger partial charge in [-0.3, -0.25) is 9.59 Å². The van der Waals surface area contributed by atoms with Crippen LogP contribution in [0.3, 0.4) is 0 Å². The maximum absolute atomic E-state index is 13.5. The molecule has 2 aliphatic rings. The Balaban J connectivity index is 1.71. The third kappa shape index (κ3) is 3.09. The van der Waals surface area contributed by atoms with Gasteiger partial charge in [-0.15, -0.1) is 0 Å². The summed E-state index contributed by atoms with van der Waals surface area (Å²) in [5.41, 5.74) is 1.07. The van der Waals surface area contributed by atoms with Gasteiger partial charge in [-0.2, -0.15) is 0 Å². The number of halogens is 2. The topological polar surface area (TPSA) is 59.8 Å². The van der Waals surface area contributed by atoms with E-state index in [4.69, 9.17) is 9.15 Å². The van der Waals surface area contributed by atoms with E-state index in [0.717, 1.165) is 17.3 Å². The van der Waals surface area contributed by atoms with Gasteiger partial charge in [-0.25, -0.2) is 4.39 Å². The van der Waals surface area contributed by atoms with Gasteiger partial charge in [0.1, 0.15) is 11.4 Å². The Morgan fingerprint density at radius 1 is 1.14 bits per heavy atom. The molecule has 0 saturated carbocycles. The number of ether oxygens (including phenoxy) is 1. The lowest BCUT2D eigenvalue weighted by Crippen LogP contribution is -2.36. The van der Waals surface area contributed by atoms with Crippen molar-refractivity contribution in [3.05, 3.63) is 79.9 Å². The number of fused-ring (bicyclic) bond motifs is 2. The second-order valence-corrected chi connectivity index (χ2v) is 8.28. The molecule has 1 saturated heterocycles. The molecule has 0 bridgehead atoms. The monoisotopic (exact) mass is 457 g/mol. The highest BCUT2D eigenvalue weighted by atomic mass is 79.9. The molecule has 0 aliphatic carbocycles. The van der Waals surface area contributed by atoms with E-state index in [1.807, 2.05) is 0 Å². The van der Waals surface area contributed by atoms with Crippen LogP contribution in [0.25, 0.3) is 11.0 Å². The van der Waals surface area contributed by atoms with Crippen molar-refractivity contribution < 1.29 is 18.3 Å². The smallest absolute Gasteiger partial charge is 0.291 e. The van der Waals surface area contributed by atoms with Crippen molar-refractivity contribution >= 4 is 32.8 Å². The lowest BCUT2D eigenvalue weighted by molar-refractivity contribution is 0.0486. The fourth-order valence-electron chi connectivity index (χ4n) is 4.18. The maximum atomic E-state index is 13.5. The summed E-state index contributed by atoms with van der Waals surface area (Å²) in [6.45, 7) is 1.01. The number of benzene rings is 2. The summed E-state index contributed by atoms with van der Waals surface area (Å²) >= 11 is 3.38. The van der Waals surface area contributed by atoms with Gasteiger partial charge in [0.2, 0.25) is 5.76 Å². The van der Waals surface area contributed by atoms with Gasteiger partial charge in [0, 0.05) is 17.6 Å². The number of hydrogen-bond acceptors (Lipinski definition) is 4. The van der Waals surface area contributed by atoms with Crippen LogP contribution < -0.4 is 5.43 Å². The zero-order chi connectivity index (χ0) is 20.1. The zero-order valence-electron chi connectivity index (χ0n) is 15.4. The second-order valence-electron chi connectivity index (χ2n) is 7.36. The third-order valence-electron chi connectivity index (χ3n) is 5.54. The van der Waals surface area contributed by atoms with E-state index in [1.54, 1.807) is 35.2 Å². The summed E-state index contributed by atoms with van der Waals surface area (Å²) in [4.78, 5) is 28.3. The van der Waals surface area contributed by atoms with E-state index in [9.17, 15) is 14.0 Å². The molecule has 1 aromatic heterocycles. The number of hydrogen-bond donors (Lipinski definition) is 0. The molecule has 3 aromatic rings. The van der Waals surface area contributed by atoms with Gasteiger partial charge in [-0.05, 0) is 48.7 Å². The predicted molar refractivity (Wildman–Crippen MR) is 108 cm³/mol. The van der Waals surface area contributed by atoms with Gasteiger partial charge >= 0.3 is 0 Å². The largest absolute Gasteiger partial charge is 0.450 e. The van der Waals surface area contributed by atoms with Crippen LogP contribution >= 0.6 is 15.9 Å². The molecule has 2 aliphatic heterocycles. The molecular formula is C22H17BrFNO4. The number of carbonyl (C=O) groups is 1. The molecule has 29 heavy (non-hydrogen) atoms. The molecular weight excluding hydrogens is 441 g/mol. The van der Waals surface area contributed by atoms with Crippen LogP contribution in [0.4, 0.5) is 4.39 Å². The van der Waals surface area contributed by atoms with Crippen molar-refractivity contribution in [3.63, 3.8) is 0 Å². The molecule has 2 aromatic carbocycles. The van der Waals surface area contributed by atoms with Gasteiger partial charge in [-0.1, -0.05) is 28.1 Å². The first kappa shape index (κ1) is 18.5. The van der Waals surface area contributed by atoms with Crippen LogP contribution in [-0.4, -0.2) is 30.1 Å².